The minimum atomic E-state index is -0.403. The molecule has 1 saturated heterocycles. The predicted molar refractivity (Wildman–Crippen MR) is 76.6 cm³/mol. The molecule has 1 aliphatic heterocycles. The van der Waals surface area contributed by atoms with Crippen molar-refractivity contribution < 1.29 is 9.90 Å². The van der Waals surface area contributed by atoms with Gasteiger partial charge in [-0.3, -0.25) is 0 Å². The van der Waals surface area contributed by atoms with Gasteiger partial charge in [-0.1, -0.05) is 16.6 Å². The van der Waals surface area contributed by atoms with Gasteiger partial charge in [-0.15, -0.1) is 5.10 Å². The lowest BCUT2D eigenvalue weighted by Gasteiger charge is -2.16. The van der Waals surface area contributed by atoms with Gasteiger partial charge in [-0.2, -0.15) is 0 Å². The number of aliphatic hydroxyl groups excluding tert-OH is 1. The van der Waals surface area contributed by atoms with E-state index in [9.17, 15) is 9.90 Å². The molecule has 7 heteroatoms. The molecule has 0 saturated carbocycles. The van der Waals surface area contributed by atoms with Crippen molar-refractivity contribution >= 4 is 23.3 Å². The van der Waals surface area contributed by atoms with Crippen molar-refractivity contribution in [1.82, 2.24) is 14.5 Å². The van der Waals surface area contributed by atoms with Gasteiger partial charge in [0.15, 0.2) is 0 Å². The lowest BCUT2D eigenvalue weighted by Crippen LogP contribution is -2.33. The maximum absolute atomic E-state index is 12.0. The van der Waals surface area contributed by atoms with E-state index < -0.39 is 6.10 Å². The lowest BCUT2D eigenvalue weighted by molar-refractivity contribution is 0.176. The third-order valence-corrected chi connectivity index (χ3v) is 3.75. The van der Waals surface area contributed by atoms with Crippen molar-refractivity contribution in [3.8, 4) is 11.3 Å². The van der Waals surface area contributed by atoms with Crippen molar-refractivity contribution in [2.45, 2.75) is 12.5 Å². The van der Waals surface area contributed by atoms with Crippen molar-refractivity contribution in [3.63, 3.8) is 0 Å². The first-order valence-electron chi connectivity index (χ1n) is 6.34. The maximum atomic E-state index is 12.0. The molecule has 2 amide bonds. The number of amides is 2. The topological polar surface area (TPSA) is 78.4 Å². The van der Waals surface area contributed by atoms with Crippen LogP contribution in [-0.2, 0) is 0 Å². The van der Waals surface area contributed by atoms with Gasteiger partial charge in [0.2, 0.25) is 0 Å². The summed E-state index contributed by atoms with van der Waals surface area (Å²) in [7, 11) is 0. The van der Waals surface area contributed by atoms with Crippen molar-refractivity contribution in [2.75, 3.05) is 18.4 Å². The second kappa shape index (κ2) is 5.56. The quantitative estimate of drug-likeness (QED) is 0.884. The number of hydrogen-bond donors (Lipinski definition) is 2. The zero-order valence-electron chi connectivity index (χ0n) is 10.7. The Morgan fingerprint density at radius 3 is 2.80 bits per heavy atom. The van der Waals surface area contributed by atoms with Crippen LogP contribution in [0.15, 0.2) is 29.6 Å². The molecular formula is C13H14N4O2S. The normalized spacial score (nSPS) is 18.2. The zero-order valence-corrected chi connectivity index (χ0v) is 11.5. The number of urea groups is 1. The summed E-state index contributed by atoms with van der Waals surface area (Å²) in [6.45, 7) is 0.990. The summed E-state index contributed by atoms with van der Waals surface area (Å²) >= 11 is 1.31. The molecule has 1 aliphatic rings. The maximum Gasteiger partial charge on any atom is 0.321 e. The highest BCUT2D eigenvalue weighted by Gasteiger charge is 2.24. The van der Waals surface area contributed by atoms with Gasteiger partial charge < -0.3 is 15.3 Å². The van der Waals surface area contributed by atoms with Gasteiger partial charge in [0.05, 0.1) is 6.10 Å². The van der Waals surface area contributed by atoms with Crippen LogP contribution in [0.4, 0.5) is 10.5 Å². The molecule has 0 spiro atoms. The average molecular weight is 290 g/mol. The van der Waals surface area contributed by atoms with Crippen LogP contribution in [0.2, 0.25) is 0 Å². The Bertz CT molecular complexity index is 585. The standard InChI is InChI=1S/C13H14N4O2S/c18-11-5-6-17(7-11)13(19)14-10-3-1-9(2-4-10)12-8-20-16-15-12/h1-4,8,11,18H,5-7H2,(H,14,19)/t11-/m0/s1. The fourth-order valence-electron chi connectivity index (χ4n) is 2.14. The summed E-state index contributed by atoms with van der Waals surface area (Å²) < 4.78 is 3.82. The van der Waals surface area contributed by atoms with Crippen LogP contribution in [0.5, 0.6) is 0 Å². The smallest absolute Gasteiger partial charge is 0.321 e. The van der Waals surface area contributed by atoms with Crippen molar-refractivity contribution in [3.05, 3.63) is 29.6 Å². The molecule has 2 aromatic rings. The highest BCUT2D eigenvalue weighted by Crippen LogP contribution is 2.20. The van der Waals surface area contributed by atoms with E-state index in [4.69, 9.17) is 0 Å². The average Bonchev–Trinajstić information content (AvgIpc) is 3.10. The molecule has 0 radical (unpaired) electrons. The van der Waals surface area contributed by atoms with E-state index in [0.717, 1.165) is 16.9 Å². The number of aliphatic hydroxyl groups is 1. The fourth-order valence-corrected chi connectivity index (χ4v) is 2.61. The molecule has 1 atom stereocenters. The first-order valence-corrected chi connectivity index (χ1v) is 7.17. The summed E-state index contributed by atoms with van der Waals surface area (Å²) in [4.78, 5) is 13.6. The monoisotopic (exact) mass is 290 g/mol. The zero-order chi connectivity index (χ0) is 13.9. The highest BCUT2D eigenvalue weighted by molar-refractivity contribution is 7.03. The predicted octanol–water partition coefficient (Wildman–Crippen LogP) is 1.80. The minimum absolute atomic E-state index is 0.176. The van der Waals surface area contributed by atoms with Gasteiger partial charge >= 0.3 is 6.03 Å². The van der Waals surface area contributed by atoms with Crippen molar-refractivity contribution in [2.24, 2.45) is 0 Å². The number of nitrogens with one attached hydrogen (secondary N) is 1. The van der Waals surface area contributed by atoms with Crippen LogP contribution in [0, 0.1) is 0 Å². The summed E-state index contributed by atoms with van der Waals surface area (Å²) in [6, 6.07) is 7.28. The lowest BCUT2D eigenvalue weighted by atomic mass is 10.1. The Labute approximate surface area is 120 Å². The summed E-state index contributed by atoms with van der Waals surface area (Å²) in [5, 5.41) is 18.1. The van der Waals surface area contributed by atoms with E-state index >= 15 is 0 Å². The van der Waals surface area contributed by atoms with Gasteiger partial charge in [-0.05, 0) is 30.1 Å². The number of hydrogen-bond acceptors (Lipinski definition) is 5. The number of carbonyl (C=O) groups is 1. The molecule has 6 nitrogen and oxygen atoms in total. The van der Waals surface area contributed by atoms with E-state index in [2.05, 4.69) is 14.9 Å². The molecule has 1 fully saturated rings. The van der Waals surface area contributed by atoms with Crippen molar-refractivity contribution in [1.29, 1.82) is 0 Å². The first kappa shape index (κ1) is 13.0. The number of nitrogens with zero attached hydrogens (tertiary/aromatic N) is 3. The number of likely N-dealkylation sites (tertiary alicyclic amines) is 1. The van der Waals surface area contributed by atoms with Crippen LogP contribution in [-0.4, -0.2) is 44.8 Å². The number of aromatic nitrogens is 2. The molecule has 20 heavy (non-hydrogen) atoms. The summed E-state index contributed by atoms with van der Waals surface area (Å²) in [6.07, 6.45) is 0.240. The molecule has 0 bridgehead atoms. The molecule has 3 rings (SSSR count). The van der Waals surface area contributed by atoms with E-state index in [-0.39, 0.29) is 6.03 Å². The number of anilines is 1. The third kappa shape index (κ3) is 2.78. The van der Waals surface area contributed by atoms with Gasteiger partial charge in [-0.25, -0.2) is 4.79 Å². The van der Waals surface area contributed by atoms with Crippen LogP contribution in [0.1, 0.15) is 6.42 Å². The second-order valence-electron chi connectivity index (χ2n) is 4.69. The molecule has 0 unspecified atom stereocenters. The third-order valence-electron chi connectivity index (χ3n) is 3.24. The molecule has 1 aromatic carbocycles. The van der Waals surface area contributed by atoms with E-state index in [1.807, 2.05) is 29.6 Å². The Hall–Kier alpha value is -1.99. The van der Waals surface area contributed by atoms with E-state index in [0.29, 0.717) is 19.5 Å². The molecule has 2 heterocycles. The van der Waals surface area contributed by atoms with Gasteiger partial charge in [0, 0.05) is 29.7 Å². The molecule has 0 aliphatic carbocycles. The second-order valence-corrected chi connectivity index (χ2v) is 5.30. The Balaban J connectivity index is 1.65. The molecule has 104 valence electrons. The van der Waals surface area contributed by atoms with Crippen LogP contribution in [0.25, 0.3) is 11.3 Å². The van der Waals surface area contributed by atoms with Crippen LogP contribution < -0.4 is 5.32 Å². The summed E-state index contributed by atoms with van der Waals surface area (Å²) in [5.74, 6) is 0. The SMILES string of the molecule is O=C(Nc1ccc(-c2csnn2)cc1)N1CC[C@H](O)C1. The highest BCUT2D eigenvalue weighted by atomic mass is 32.1. The summed E-state index contributed by atoms with van der Waals surface area (Å²) in [5.41, 5.74) is 2.52. The van der Waals surface area contributed by atoms with Crippen LogP contribution >= 0.6 is 11.5 Å². The Morgan fingerprint density at radius 2 is 2.20 bits per heavy atom. The van der Waals surface area contributed by atoms with E-state index in [1.165, 1.54) is 11.5 Å². The van der Waals surface area contributed by atoms with Crippen LogP contribution in [0.3, 0.4) is 0 Å². The van der Waals surface area contributed by atoms with Gasteiger partial charge in [0.25, 0.3) is 0 Å². The largest absolute Gasteiger partial charge is 0.391 e. The Kier molecular flexibility index (Phi) is 3.62. The number of β-amino-alcohol motifs (C(OH)–C–C–N with tert-alkyl or cyclic N) is 1. The number of rotatable bonds is 2. The number of carbonyl (C=O) groups excluding carboxylic acids is 1. The minimum Gasteiger partial charge on any atom is -0.391 e. The number of benzene rings is 1. The first-order chi connectivity index (χ1) is 9.72. The van der Waals surface area contributed by atoms with E-state index in [1.54, 1.807) is 4.90 Å². The Morgan fingerprint density at radius 1 is 1.40 bits per heavy atom. The molecule has 2 N–H and O–H groups in total. The van der Waals surface area contributed by atoms with Gasteiger partial charge in [0.1, 0.15) is 5.69 Å². The molecular weight excluding hydrogens is 276 g/mol. The fraction of sp³-hybridized carbons (Fsp3) is 0.308. The molecule has 1 aromatic heterocycles.